The summed E-state index contributed by atoms with van der Waals surface area (Å²) in [6, 6.07) is 15.4. The number of halogens is 3. The minimum atomic E-state index is -3.86. The van der Waals surface area contributed by atoms with Gasteiger partial charge < -0.3 is 9.94 Å². The fraction of sp³-hybridized carbons (Fsp3) is 0.320. The van der Waals surface area contributed by atoms with Crippen molar-refractivity contribution in [2.45, 2.75) is 42.3 Å². The minimum Gasteiger partial charge on any atom is -0.618 e. The summed E-state index contributed by atoms with van der Waals surface area (Å²) in [5, 5.41) is 12.9. The summed E-state index contributed by atoms with van der Waals surface area (Å²) in [4.78, 5) is -0.0293. The third-order valence-corrected chi connectivity index (χ3v) is 8.93. The SMILES string of the molecule is CC(F)(F)c1ccc(S(=O)(=O)N2CCC3(CC2)OC(c2cc(Cl)cc[n+]2[O-])c2ccccc23)cc1. The highest BCUT2D eigenvalue weighted by Crippen LogP contribution is 2.51. The Labute approximate surface area is 207 Å². The van der Waals surface area contributed by atoms with Gasteiger partial charge in [0.15, 0.2) is 12.3 Å². The van der Waals surface area contributed by atoms with Gasteiger partial charge in [0, 0.05) is 37.7 Å². The lowest BCUT2D eigenvalue weighted by Gasteiger charge is -2.39. The van der Waals surface area contributed by atoms with E-state index in [0.717, 1.165) is 34.9 Å². The molecule has 1 saturated heterocycles. The van der Waals surface area contributed by atoms with Crippen LogP contribution in [0.1, 0.15) is 48.3 Å². The summed E-state index contributed by atoms with van der Waals surface area (Å²) >= 11 is 6.14. The van der Waals surface area contributed by atoms with Crippen LogP contribution in [0.15, 0.2) is 71.8 Å². The van der Waals surface area contributed by atoms with Gasteiger partial charge in [-0.2, -0.15) is 9.04 Å². The molecule has 0 saturated carbocycles. The van der Waals surface area contributed by atoms with E-state index in [-0.39, 0.29) is 23.5 Å². The fourth-order valence-corrected chi connectivity index (χ4v) is 6.54. The predicted octanol–water partition coefficient (Wildman–Crippen LogP) is 4.88. The van der Waals surface area contributed by atoms with Crippen molar-refractivity contribution in [2.24, 2.45) is 0 Å². The van der Waals surface area contributed by atoms with Crippen molar-refractivity contribution in [1.29, 1.82) is 0 Å². The summed E-state index contributed by atoms with van der Waals surface area (Å²) in [5.41, 5.74) is 1.15. The van der Waals surface area contributed by atoms with E-state index in [9.17, 15) is 22.4 Å². The van der Waals surface area contributed by atoms with Crippen LogP contribution in [0.25, 0.3) is 0 Å². The van der Waals surface area contributed by atoms with Gasteiger partial charge in [-0.3, -0.25) is 0 Å². The third kappa shape index (κ3) is 4.20. The number of rotatable bonds is 4. The maximum absolute atomic E-state index is 13.5. The quantitative estimate of drug-likeness (QED) is 0.363. The molecule has 3 aromatic rings. The van der Waals surface area contributed by atoms with Gasteiger partial charge in [-0.25, -0.2) is 17.2 Å². The first-order valence-electron chi connectivity index (χ1n) is 11.2. The molecule has 3 heterocycles. The van der Waals surface area contributed by atoms with Gasteiger partial charge in [-0.1, -0.05) is 48.0 Å². The van der Waals surface area contributed by atoms with Crippen molar-refractivity contribution in [1.82, 2.24) is 4.31 Å². The van der Waals surface area contributed by atoms with Crippen LogP contribution in [0.4, 0.5) is 8.78 Å². The lowest BCUT2D eigenvalue weighted by molar-refractivity contribution is -0.618. The fourth-order valence-electron chi connectivity index (χ4n) is 4.93. The molecule has 1 aromatic heterocycles. The Balaban J connectivity index is 1.41. The van der Waals surface area contributed by atoms with Crippen molar-refractivity contribution < 1.29 is 26.7 Å². The zero-order chi connectivity index (χ0) is 25.0. The first kappa shape index (κ1) is 24.1. The number of benzene rings is 2. The first-order valence-corrected chi connectivity index (χ1v) is 13.0. The molecule has 0 radical (unpaired) electrons. The van der Waals surface area contributed by atoms with Crippen LogP contribution in [-0.2, 0) is 26.3 Å². The van der Waals surface area contributed by atoms with E-state index < -0.39 is 27.7 Å². The maximum atomic E-state index is 13.5. The van der Waals surface area contributed by atoms with Gasteiger partial charge >= 0.3 is 0 Å². The molecule has 1 spiro atoms. The number of piperidine rings is 1. The molecule has 0 amide bonds. The Hall–Kier alpha value is -2.59. The van der Waals surface area contributed by atoms with Crippen molar-refractivity contribution in [3.63, 3.8) is 0 Å². The van der Waals surface area contributed by atoms with Gasteiger partial charge in [0.25, 0.3) is 5.92 Å². The number of hydrogen-bond acceptors (Lipinski definition) is 4. The number of pyridine rings is 1. The molecule has 35 heavy (non-hydrogen) atoms. The van der Waals surface area contributed by atoms with Crippen LogP contribution in [-0.4, -0.2) is 25.8 Å². The van der Waals surface area contributed by atoms with Crippen molar-refractivity contribution in [2.75, 3.05) is 13.1 Å². The molecule has 0 aliphatic carbocycles. The number of sulfonamides is 1. The summed E-state index contributed by atoms with van der Waals surface area (Å²) in [6.45, 7) is 1.13. The van der Waals surface area contributed by atoms with Gasteiger partial charge in [0.1, 0.15) is 0 Å². The van der Waals surface area contributed by atoms with Crippen LogP contribution in [0, 0.1) is 5.21 Å². The number of ether oxygens (including phenoxy) is 1. The summed E-state index contributed by atoms with van der Waals surface area (Å²) in [6.07, 6.45) is 1.46. The lowest BCUT2D eigenvalue weighted by Crippen LogP contribution is -2.45. The maximum Gasteiger partial charge on any atom is 0.270 e. The smallest absolute Gasteiger partial charge is 0.270 e. The van der Waals surface area contributed by atoms with E-state index in [1.54, 1.807) is 6.07 Å². The van der Waals surface area contributed by atoms with Crippen molar-refractivity contribution in [3.05, 3.63) is 99.5 Å². The lowest BCUT2D eigenvalue weighted by atomic mass is 9.84. The summed E-state index contributed by atoms with van der Waals surface area (Å²) in [7, 11) is -3.86. The Morgan fingerprint density at radius 3 is 2.43 bits per heavy atom. The molecule has 0 bridgehead atoms. The minimum absolute atomic E-state index is 0.0293. The van der Waals surface area contributed by atoms with Crippen LogP contribution < -0.4 is 4.73 Å². The monoisotopic (exact) mass is 520 g/mol. The van der Waals surface area contributed by atoms with Gasteiger partial charge in [-0.15, -0.1) is 0 Å². The zero-order valence-corrected chi connectivity index (χ0v) is 20.4. The van der Waals surface area contributed by atoms with Crippen molar-refractivity contribution >= 4 is 21.6 Å². The van der Waals surface area contributed by atoms with Crippen LogP contribution >= 0.6 is 11.6 Å². The van der Waals surface area contributed by atoms with Gasteiger partial charge in [-0.05, 0) is 36.1 Å². The third-order valence-electron chi connectivity index (χ3n) is 6.78. The molecular weight excluding hydrogens is 498 g/mol. The molecule has 2 aromatic carbocycles. The molecule has 1 atom stereocenters. The van der Waals surface area contributed by atoms with E-state index in [0.29, 0.717) is 23.6 Å². The second kappa shape index (κ2) is 8.51. The average Bonchev–Trinajstić information content (AvgIpc) is 3.14. The van der Waals surface area contributed by atoms with Gasteiger partial charge in [0.05, 0.1) is 15.5 Å². The molecule has 2 aliphatic heterocycles. The molecule has 1 unspecified atom stereocenters. The van der Waals surface area contributed by atoms with E-state index in [4.69, 9.17) is 16.3 Å². The van der Waals surface area contributed by atoms with Crippen LogP contribution in [0.2, 0.25) is 5.02 Å². The van der Waals surface area contributed by atoms with Crippen LogP contribution in [0.3, 0.4) is 0 Å². The first-order chi connectivity index (χ1) is 16.5. The highest BCUT2D eigenvalue weighted by Gasteiger charge is 2.50. The number of fused-ring (bicyclic) bond motifs is 2. The number of nitrogens with zero attached hydrogens (tertiary/aromatic N) is 2. The Morgan fingerprint density at radius 1 is 1.11 bits per heavy atom. The molecule has 10 heteroatoms. The Kier molecular flexibility index (Phi) is 5.87. The normalized spacial score (nSPS) is 20.2. The summed E-state index contributed by atoms with van der Waals surface area (Å²) in [5.74, 6) is -3.05. The van der Waals surface area contributed by atoms with E-state index in [1.807, 2.05) is 24.3 Å². The highest BCUT2D eigenvalue weighted by atomic mass is 35.5. The largest absolute Gasteiger partial charge is 0.618 e. The highest BCUT2D eigenvalue weighted by molar-refractivity contribution is 7.89. The Bertz CT molecular complexity index is 1370. The average molecular weight is 521 g/mol. The van der Waals surface area contributed by atoms with Crippen molar-refractivity contribution in [3.8, 4) is 0 Å². The van der Waals surface area contributed by atoms with Gasteiger partial charge in [0.2, 0.25) is 15.7 Å². The molecule has 5 rings (SSSR count). The summed E-state index contributed by atoms with van der Waals surface area (Å²) < 4.78 is 62.1. The Morgan fingerprint density at radius 2 is 1.77 bits per heavy atom. The molecule has 0 N–H and O–H groups in total. The number of alkyl halides is 2. The second-order valence-electron chi connectivity index (χ2n) is 8.99. The molecule has 1 fully saturated rings. The number of hydrogen-bond donors (Lipinski definition) is 0. The van der Waals surface area contributed by atoms with E-state index in [1.165, 1.54) is 28.7 Å². The zero-order valence-electron chi connectivity index (χ0n) is 18.8. The number of aromatic nitrogens is 1. The topological polar surface area (TPSA) is 73.5 Å². The molecule has 6 nitrogen and oxygen atoms in total. The standard InChI is InChI=1S/C25H23ClF2N2O4S/c1-24(27,28)17-6-8-19(9-7-17)35(32,33)29-14-11-25(12-15-29)21-5-3-2-4-20(21)23(34-25)22-16-18(26)10-13-30(22)31/h2-10,13,16,23H,11-12,14-15H2,1H3. The molecule has 2 aliphatic rings. The van der Waals surface area contributed by atoms with E-state index in [2.05, 4.69) is 0 Å². The second-order valence-corrected chi connectivity index (χ2v) is 11.4. The van der Waals surface area contributed by atoms with Crippen LogP contribution in [0.5, 0.6) is 0 Å². The molecular formula is C25H23ClF2N2O4S. The molecule has 184 valence electrons. The van der Waals surface area contributed by atoms with E-state index >= 15 is 0 Å². The predicted molar refractivity (Wildman–Crippen MR) is 125 cm³/mol.